The molecular weight excluding hydrogens is 282 g/mol. The molecule has 3 aromatic rings. The topological polar surface area (TPSA) is 70.2 Å². The van der Waals surface area contributed by atoms with Gasteiger partial charge in [-0.3, -0.25) is 0 Å². The van der Waals surface area contributed by atoms with Crippen LogP contribution in [0.25, 0.3) is 22.5 Å². The van der Waals surface area contributed by atoms with Gasteiger partial charge in [-0.2, -0.15) is 0 Å². The van der Waals surface area contributed by atoms with Gasteiger partial charge in [0, 0.05) is 17.8 Å². The SMILES string of the molecule is CCC(C(=O)OC)n1c(-c2nnc(C)o2)cc2ccccc21. The Kier molecular flexibility index (Phi) is 3.66. The maximum atomic E-state index is 12.2. The van der Waals surface area contributed by atoms with E-state index < -0.39 is 6.04 Å². The molecule has 114 valence electrons. The Bertz CT molecular complexity index is 819. The summed E-state index contributed by atoms with van der Waals surface area (Å²) in [5, 5.41) is 8.97. The number of hydrogen-bond donors (Lipinski definition) is 0. The Morgan fingerprint density at radius 3 is 2.77 bits per heavy atom. The molecule has 0 saturated heterocycles. The molecule has 0 saturated carbocycles. The minimum Gasteiger partial charge on any atom is -0.467 e. The van der Waals surface area contributed by atoms with Crippen molar-refractivity contribution < 1.29 is 13.9 Å². The number of ether oxygens (including phenoxy) is 1. The third-order valence-electron chi connectivity index (χ3n) is 3.66. The highest BCUT2D eigenvalue weighted by molar-refractivity contribution is 5.88. The van der Waals surface area contributed by atoms with Crippen LogP contribution in [0.1, 0.15) is 25.3 Å². The van der Waals surface area contributed by atoms with E-state index in [4.69, 9.17) is 9.15 Å². The average Bonchev–Trinajstić information content (AvgIpc) is 3.12. The molecule has 6 heteroatoms. The maximum absolute atomic E-state index is 12.2. The van der Waals surface area contributed by atoms with Crippen molar-refractivity contribution in [3.8, 4) is 11.6 Å². The van der Waals surface area contributed by atoms with Crippen LogP contribution < -0.4 is 0 Å². The van der Waals surface area contributed by atoms with Gasteiger partial charge in [-0.1, -0.05) is 25.1 Å². The third kappa shape index (κ3) is 2.26. The van der Waals surface area contributed by atoms with E-state index in [0.717, 1.165) is 16.6 Å². The van der Waals surface area contributed by atoms with Crippen molar-refractivity contribution >= 4 is 16.9 Å². The van der Waals surface area contributed by atoms with Gasteiger partial charge in [0.25, 0.3) is 5.89 Å². The number of carbonyl (C=O) groups is 1. The number of para-hydroxylation sites is 1. The van der Waals surface area contributed by atoms with Crippen LogP contribution in [0.2, 0.25) is 0 Å². The molecule has 2 aromatic heterocycles. The van der Waals surface area contributed by atoms with Gasteiger partial charge in [0.05, 0.1) is 7.11 Å². The summed E-state index contributed by atoms with van der Waals surface area (Å²) < 4.78 is 12.4. The fourth-order valence-corrected chi connectivity index (χ4v) is 2.67. The lowest BCUT2D eigenvalue weighted by Gasteiger charge is -2.18. The number of nitrogens with zero attached hydrogens (tertiary/aromatic N) is 3. The number of methoxy groups -OCH3 is 1. The average molecular weight is 299 g/mol. The first kappa shape index (κ1) is 14.3. The standard InChI is InChI=1S/C16H17N3O3/c1-4-12(16(20)21-3)19-13-8-6-5-7-11(13)9-14(19)15-18-17-10(2)22-15/h5-9,12H,4H2,1-3H3. The van der Waals surface area contributed by atoms with E-state index in [1.54, 1.807) is 6.92 Å². The van der Waals surface area contributed by atoms with Gasteiger partial charge in [-0.15, -0.1) is 10.2 Å². The molecule has 0 amide bonds. The van der Waals surface area contributed by atoms with Crippen LogP contribution >= 0.6 is 0 Å². The number of esters is 1. The molecule has 6 nitrogen and oxygen atoms in total. The van der Waals surface area contributed by atoms with Crippen LogP contribution in [0.15, 0.2) is 34.7 Å². The maximum Gasteiger partial charge on any atom is 0.328 e. The molecule has 22 heavy (non-hydrogen) atoms. The van der Waals surface area contributed by atoms with Crippen LogP contribution in [0, 0.1) is 6.92 Å². The first-order valence-corrected chi connectivity index (χ1v) is 7.14. The Morgan fingerprint density at radius 2 is 2.14 bits per heavy atom. The highest BCUT2D eigenvalue weighted by atomic mass is 16.5. The minimum atomic E-state index is -0.438. The Morgan fingerprint density at radius 1 is 1.36 bits per heavy atom. The van der Waals surface area contributed by atoms with E-state index >= 15 is 0 Å². The molecule has 1 unspecified atom stereocenters. The van der Waals surface area contributed by atoms with Crippen LogP contribution in [0.4, 0.5) is 0 Å². The second-order valence-corrected chi connectivity index (χ2v) is 5.03. The van der Waals surface area contributed by atoms with Crippen LogP contribution in [0.3, 0.4) is 0 Å². The Labute approximate surface area is 127 Å². The van der Waals surface area contributed by atoms with Crippen molar-refractivity contribution in [3.05, 3.63) is 36.2 Å². The van der Waals surface area contributed by atoms with Crippen LogP contribution in [0.5, 0.6) is 0 Å². The molecule has 1 atom stereocenters. The molecular formula is C16H17N3O3. The predicted molar refractivity (Wildman–Crippen MR) is 81.3 cm³/mol. The van der Waals surface area contributed by atoms with Crippen LogP contribution in [-0.2, 0) is 9.53 Å². The minimum absolute atomic E-state index is 0.290. The summed E-state index contributed by atoms with van der Waals surface area (Å²) in [4.78, 5) is 12.2. The molecule has 0 aliphatic heterocycles. The van der Waals surface area contributed by atoms with E-state index in [1.807, 2.05) is 41.8 Å². The van der Waals surface area contributed by atoms with Crippen molar-refractivity contribution in [2.45, 2.75) is 26.3 Å². The third-order valence-corrected chi connectivity index (χ3v) is 3.66. The molecule has 0 bridgehead atoms. The zero-order valence-electron chi connectivity index (χ0n) is 12.7. The summed E-state index contributed by atoms with van der Waals surface area (Å²) >= 11 is 0. The van der Waals surface area contributed by atoms with Crippen molar-refractivity contribution in [1.29, 1.82) is 0 Å². The van der Waals surface area contributed by atoms with Crippen molar-refractivity contribution in [2.24, 2.45) is 0 Å². The molecule has 0 fully saturated rings. The lowest BCUT2D eigenvalue weighted by atomic mass is 10.2. The molecule has 0 aliphatic carbocycles. The fraction of sp³-hybridized carbons (Fsp3) is 0.312. The number of fused-ring (bicyclic) bond motifs is 1. The van der Waals surface area contributed by atoms with Crippen LogP contribution in [-0.4, -0.2) is 27.8 Å². The molecule has 0 aliphatic rings. The molecule has 0 spiro atoms. The van der Waals surface area contributed by atoms with E-state index in [1.165, 1.54) is 7.11 Å². The van der Waals surface area contributed by atoms with E-state index in [2.05, 4.69) is 10.2 Å². The number of benzene rings is 1. The molecule has 2 heterocycles. The summed E-state index contributed by atoms with van der Waals surface area (Å²) in [5.41, 5.74) is 1.66. The quantitative estimate of drug-likeness (QED) is 0.692. The molecule has 0 radical (unpaired) electrons. The monoisotopic (exact) mass is 299 g/mol. The number of carbonyl (C=O) groups excluding carboxylic acids is 1. The normalized spacial score (nSPS) is 12.5. The molecule has 0 N–H and O–H groups in total. The zero-order valence-corrected chi connectivity index (χ0v) is 12.7. The number of aryl methyl sites for hydroxylation is 1. The van der Waals surface area contributed by atoms with Crippen molar-refractivity contribution in [3.63, 3.8) is 0 Å². The van der Waals surface area contributed by atoms with Gasteiger partial charge >= 0.3 is 5.97 Å². The number of rotatable bonds is 4. The van der Waals surface area contributed by atoms with Gasteiger partial charge < -0.3 is 13.7 Å². The summed E-state index contributed by atoms with van der Waals surface area (Å²) in [6, 6.07) is 9.36. The highest BCUT2D eigenvalue weighted by Crippen LogP contribution is 2.32. The van der Waals surface area contributed by atoms with E-state index in [0.29, 0.717) is 18.2 Å². The Hall–Kier alpha value is -2.63. The van der Waals surface area contributed by atoms with Crippen molar-refractivity contribution in [1.82, 2.24) is 14.8 Å². The Balaban J connectivity index is 2.27. The first-order valence-electron chi connectivity index (χ1n) is 7.14. The highest BCUT2D eigenvalue weighted by Gasteiger charge is 2.26. The second kappa shape index (κ2) is 5.63. The zero-order chi connectivity index (χ0) is 15.7. The molecule has 3 rings (SSSR count). The molecule has 1 aromatic carbocycles. The lowest BCUT2D eigenvalue weighted by Crippen LogP contribution is -2.20. The fourth-order valence-electron chi connectivity index (χ4n) is 2.67. The van der Waals surface area contributed by atoms with E-state index in [-0.39, 0.29) is 5.97 Å². The number of hydrogen-bond acceptors (Lipinski definition) is 5. The summed E-state index contributed by atoms with van der Waals surface area (Å²) in [6.07, 6.45) is 0.603. The summed E-state index contributed by atoms with van der Waals surface area (Å²) in [7, 11) is 1.40. The van der Waals surface area contributed by atoms with Gasteiger partial charge in [-0.05, 0) is 18.6 Å². The number of aromatic nitrogens is 3. The largest absolute Gasteiger partial charge is 0.467 e. The second-order valence-electron chi connectivity index (χ2n) is 5.03. The van der Waals surface area contributed by atoms with Gasteiger partial charge in [-0.25, -0.2) is 4.79 Å². The van der Waals surface area contributed by atoms with Gasteiger partial charge in [0.2, 0.25) is 5.89 Å². The van der Waals surface area contributed by atoms with Gasteiger partial charge in [0.15, 0.2) is 0 Å². The van der Waals surface area contributed by atoms with E-state index in [9.17, 15) is 4.79 Å². The summed E-state index contributed by atoms with van der Waals surface area (Å²) in [5.74, 6) is 0.593. The lowest BCUT2D eigenvalue weighted by molar-refractivity contribution is -0.144. The smallest absolute Gasteiger partial charge is 0.328 e. The predicted octanol–water partition coefficient (Wildman–Crippen LogP) is 3.12. The summed E-state index contributed by atoms with van der Waals surface area (Å²) in [6.45, 7) is 3.68. The first-order chi connectivity index (χ1) is 10.7. The van der Waals surface area contributed by atoms with Gasteiger partial charge in [0.1, 0.15) is 11.7 Å². The van der Waals surface area contributed by atoms with Crippen molar-refractivity contribution in [2.75, 3.05) is 7.11 Å².